The van der Waals surface area contributed by atoms with Gasteiger partial charge in [0.15, 0.2) is 0 Å². The van der Waals surface area contributed by atoms with Crippen molar-refractivity contribution in [2.75, 3.05) is 7.11 Å². The number of rotatable bonds is 1. The van der Waals surface area contributed by atoms with Gasteiger partial charge in [0.1, 0.15) is 5.54 Å². The number of hydrogen-bond donors (Lipinski definition) is 1. The lowest BCUT2D eigenvalue weighted by atomic mass is 9.61. The molecule has 3 unspecified atom stereocenters. The summed E-state index contributed by atoms with van der Waals surface area (Å²) >= 11 is 0. The predicted octanol–water partition coefficient (Wildman–Crippen LogP) is 1.10. The van der Waals surface area contributed by atoms with Crippen molar-refractivity contribution in [1.82, 2.24) is 0 Å². The van der Waals surface area contributed by atoms with Crippen molar-refractivity contribution >= 4 is 18.4 Å². The highest BCUT2D eigenvalue weighted by atomic mass is 35.5. The zero-order valence-electron chi connectivity index (χ0n) is 7.79. The Morgan fingerprint density at radius 1 is 1.54 bits per heavy atom. The Bertz CT molecular complexity index is 222. The topological polar surface area (TPSA) is 52.3 Å². The average molecular weight is 206 g/mol. The van der Waals surface area contributed by atoms with Crippen molar-refractivity contribution in [2.45, 2.75) is 31.2 Å². The third-order valence-electron chi connectivity index (χ3n) is 3.49. The van der Waals surface area contributed by atoms with E-state index in [4.69, 9.17) is 10.5 Å². The van der Waals surface area contributed by atoms with Crippen LogP contribution in [0.1, 0.15) is 25.7 Å². The maximum Gasteiger partial charge on any atom is 0.326 e. The van der Waals surface area contributed by atoms with E-state index in [0.717, 1.165) is 12.8 Å². The van der Waals surface area contributed by atoms with Crippen LogP contribution in [0.25, 0.3) is 0 Å². The van der Waals surface area contributed by atoms with E-state index in [1.54, 1.807) is 0 Å². The minimum Gasteiger partial charge on any atom is -0.468 e. The first-order valence-electron chi connectivity index (χ1n) is 4.56. The smallest absolute Gasteiger partial charge is 0.326 e. The number of halogens is 1. The molecule has 0 amide bonds. The Hall–Kier alpha value is -0.280. The minimum atomic E-state index is -0.629. The summed E-state index contributed by atoms with van der Waals surface area (Å²) < 4.78 is 4.70. The Labute approximate surface area is 84.4 Å². The SMILES string of the molecule is COC(=O)C1(N)CC2CCCC21.Cl. The number of nitrogens with two attached hydrogens (primary N) is 1. The summed E-state index contributed by atoms with van der Waals surface area (Å²) in [5, 5.41) is 0. The van der Waals surface area contributed by atoms with Crippen LogP contribution in [-0.2, 0) is 9.53 Å². The monoisotopic (exact) mass is 205 g/mol. The Morgan fingerprint density at radius 3 is 2.77 bits per heavy atom. The number of ether oxygens (including phenoxy) is 1. The summed E-state index contributed by atoms with van der Waals surface area (Å²) in [5.41, 5.74) is 5.34. The Balaban J connectivity index is 0.000000845. The molecule has 0 saturated heterocycles. The van der Waals surface area contributed by atoms with Crippen LogP contribution in [0, 0.1) is 11.8 Å². The molecule has 13 heavy (non-hydrogen) atoms. The van der Waals surface area contributed by atoms with Gasteiger partial charge in [0.2, 0.25) is 0 Å². The molecule has 0 aromatic heterocycles. The van der Waals surface area contributed by atoms with Crippen LogP contribution in [0.4, 0.5) is 0 Å². The molecule has 0 aromatic carbocycles. The summed E-state index contributed by atoms with van der Waals surface area (Å²) in [6.45, 7) is 0. The maximum absolute atomic E-state index is 11.3. The van der Waals surface area contributed by atoms with Gasteiger partial charge >= 0.3 is 5.97 Å². The zero-order chi connectivity index (χ0) is 8.77. The lowest BCUT2D eigenvalue weighted by molar-refractivity contribution is -0.157. The van der Waals surface area contributed by atoms with Gasteiger partial charge in [0, 0.05) is 0 Å². The molecule has 2 aliphatic carbocycles. The van der Waals surface area contributed by atoms with E-state index in [1.165, 1.54) is 20.0 Å². The fraction of sp³-hybridized carbons (Fsp3) is 0.889. The Morgan fingerprint density at radius 2 is 2.23 bits per heavy atom. The number of methoxy groups -OCH3 is 1. The van der Waals surface area contributed by atoms with Crippen LogP contribution in [0.15, 0.2) is 0 Å². The fourth-order valence-corrected chi connectivity index (χ4v) is 2.81. The van der Waals surface area contributed by atoms with Crippen molar-refractivity contribution in [1.29, 1.82) is 0 Å². The second-order valence-electron chi connectivity index (χ2n) is 4.03. The molecule has 4 heteroatoms. The highest BCUT2D eigenvalue weighted by Gasteiger charge is 2.58. The number of fused-ring (bicyclic) bond motifs is 1. The maximum atomic E-state index is 11.3. The van der Waals surface area contributed by atoms with Crippen molar-refractivity contribution in [3.8, 4) is 0 Å². The van der Waals surface area contributed by atoms with Gasteiger partial charge in [-0.05, 0) is 24.7 Å². The van der Waals surface area contributed by atoms with Gasteiger partial charge in [0.05, 0.1) is 7.11 Å². The van der Waals surface area contributed by atoms with Crippen molar-refractivity contribution in [3.05, 3.63) is 0 Å². The van der Waals surface area contributed by atoms with Gasteiger partial charge < -0.3 is 10.5 Å². The largest absolute Gasteiger partial charge is 0.468 e. The molecule has 0 heterocycles. The summed E-state index contributed by atoms with van der Waals surface area (Å²) in [7, 11) is 1.42. The van der Waals surface area contributed by atoms with Crippen LogP contribution in [0.3, 0.4) is 0 Å². The molecule has 0 spiro atoms. The molecule has 2 aliphatic rings. The van der Waals surface area contributed by atoms with Crippen molar-refractivity contribution in [3.63, 3.8) is 0 Å². The van der Waals surface area contributed by atoms with Gasteiger partial charge in [-0.1, -0.05) is 12.8 Å². The first kappa shape index (κ1) is 10.8. The van der Waals surface area contributed by atoms with E-state index < -0.39 is 5.54 Å². The van der Waals surface area contributed by atoms with Crippen LogP contribution < -0.4 is 5.73 Å². The molecule has 2 rings (SSSR count). The normalized spacial score (nSPS) is 41.4. The highest BCUT2D eigenvalue weighted by molar-refractivity contribution is 5.85. The highest BCUT2D eigenvalue weighted by Crippen LogP contribution is 2.52. The van der Waals surface area contributed by atoms with Crippen molar-refractivity contribution in [2.24, 2.45) is 17.6 Å². The molecule has 0 aromatic rings. The summed E-state index contributed by atoms with van der Waals surface area (Å²) in [5.74, 6) is 0.893. The summed E-state index contributed by atoms with van der Waals surface area (Å²) in [4.78, 5) is 11.3. The molecular weight excluding hydrogens is 190 g/mol. The summed E-state index contributed by atoms with van der Waals surface area (Å²) in [6.07, 6.45) is 4.42. The molecule has 3 atom stereocenters. The molecule has 2 N–H and O–H groups in total. The number of esters is 1. The van der Waals surface area contributed by atoms with Crippen LogP contribution >= 0.6 is 12.4 Å². The van der Waals surface area contributed by atoms with E-state index in [2.05, 4.69) is 0 Å². The first-order chi connectivity index (χ1) is 5.68. The minimum absolute atomic E-state index is 0. The second-order valence-corrected chi connectivity index (χ2v) is 4.03. The van der Waals surface area contributed by atoms with E-state index >= 15 is 0 Å². The lowest BCUT2D eigenvalue weighted by Crippen LogP contribution is -2.64. The van der Waals surface area contributed by atoms with Crippen LogP contribution in [-0.4, -0.2) is 18.6 Å². The van der Waals surface area contributed by atoms with Gasteiger partial charge in [-0.2, -0.15) is 0 Å². The van der Waals surface area contributed by atoms with Gasteiger partial charge in [-0.25, -0.2) is 0 Å². The standard InChI is InChI=1S/C9H15NO2.ClH/c1-12-8(11)9(10)5-6-3-2-4-7(6)9;/h6-7H,2-5,10H2,1H3;1H. The second kappa shape index (κ2) is 3.46. The molecule has 2 saturated carbocycles. The molecule has 76 valence electrons. The third kappa shape index (κ3) is 1.34. The molecule has 2 fully saturated rings. The average Bonchev–Trinajstić information content (AvgIpc) is 2.45. The predicted molar refractivity (Wildman–Crippen MR) is 51.6 cm³/mol. The fourth-order valence-electron chi connectivity index (χ4n) is 2.81. The third-order valence-corrected chi connectivity index (χ3v) is 3.49. The number of hydrogen-bond acceptors (Lipinski definition) is 3. The van der Waals surface area contributed by atoms with Gasteiger partial charge in [-0.3, -0.25) is 4.79 Å². The van der Waals surface area contributed by atoms with Gasteiger partial charge in [-0.15, -0.1) is 12.4 Å². The number of carbonyl (C=O) groups excluding carboxylic acids is 1. The lowest BCUT2D eigenvalue weighted by Gasteiger charge is -2.47. The zero-order valence-corrected chi connectivity index (χ0v) is 8.60. The van der Waals surface area contributed by atoms with E-state index in [-0.39, 0.29) is 18.4 Å². The van der Waals surface area contributed by atoms with E-state index in [9.17, 15) is 4.79 Å². The molecule has 0 bridgehead atoms. The van der Waals surface area contributed by atoms with Crippen LogP contribution in [0.5, 0.6) is 0 Å². The number of carbonyl (C=O) groups is 1. The molecule has 0 aliphatic heterocycles. The quantitative estimate of drug-likeness (QED) is 0.653. The molecule has 0 radical (unpaired) electrons. The summed E-state index contributed by atoms with van der Waals surface area (Å²) in [6, 6.07) is 0. The van der Waals surface area contributed by atoms with Crippen LogP contribution in [0.2, 0.25) is 0 Å². The van der Waals surface area contributed by atoms with E-state index in [0.29, 0.717) is 11.8 Å². The first-order valence-corrected chi connectivity index (χ1v) is 4.56. The van der Waals surface area contributed by atoms with Crippen molar-refractivity contribution < 1.29 is 9.53 Å². The van der Waals surface area contributed by atoms with E-state index in [1.807, 2.05) is 0 Å². The van der Waals surface area contributed by atoms with Gasteiger partial charge in [0.25, 0.3) is 0 Å². The Kier molecular flexibility index (Phi) is 2.88. The molecular formula is C9H16ClNO2. The molecule has 3 nitrogen and oxygen atoms in total.